The second-order valence-corrected chi connectivity index (χ2v) is 3.83. The summed E-state index contributed by atoms with van der Waals surface area (Å²) in [6.45, 7) is 0.192. The van der Waals surface area contributed by atoms with Crippen LogP contribution in [0.15, 0.2) is 30.5 Å². The number of rotatable bonds is 4. The first-order valence-corrected chi connectivity index (χ1v) is 5.31. The Morgan fingerprint density at radius 3 is 2.83 bits per heavy atom. The Bertz CT molecular complexity index is 579. The molecule has 2 rings (SSSR count). The van der Waals surface area contributed by atoms with Gasteiger partial charge in [-0.25, -0.2) is 4.39 Å². The van der Waals surface area contributed by atoms with Crippen molar-refractivity contribution in [3.05, 3.63) is 47.5 Å². The number of nitrogens with two attached hydrogens (primary N) is 1. The molecule has 0 fully saturated rings. The minimum absolute atomic E-state index is 0.116. The molecule has 0 radical (unpaired) electrons. The number of nitrogens with one attached hydrogen (secondary N) is 1. The first kappa shape index (κ1) is 12.1. The first-order valence-electron chi connectivity index (χ1n) is 5.31. The third-order valence-electron chi connectivity index (χ3n) is 2.39. The zero-order valence-electron chi connectivity index (χ0n) is 9.85. The molecule has 0 spiro atoms. The molecule has 0 unspecified atom stereocenters. The topological polar surface area (TPSA) is 76.9 Å². The van der Waals surface area contributed by atoms with Crippen molar-refractivity contribution in [2.45, 2.75) is 6.61 Å². The van der Waals surface area contributed by atoms with Gasteiger partial charge in [0.1, 0.15) is 12.4 Å². The summed E-state index contributed by atoms with van der Waals surface area (Å²) in [7, 11) is 1.80. The second kappa shape index (κ2) is 4.87. The first-order chi connectivity index (χ1) is 8.56. The molecule has 1 aromatic carbocycles. The van der Waals surface area contributed by atoms with Crippen LogP contribution in [-0.2, 0) is 13.7 Å². The molecule has 0 saturated carbocycles. The van der Waals surface area contributed by atoms with E-state index in [0.717, 1.165) is 0 Å². The third kappa shape index (κ3) is 2.65. The van der Waals surface area contributed by atoms with Gasteiger partial charge in [-0.05, 0) is 24.3 Å². The molecule has 0 saturated heterocycles. The molecule has 0 bridgehead atoms. The fourth-order valence-electron chi connectivity index (χ4n) is 1.48. The van der Waals surface area contributed by atoms with Gasteiger partial charge in [0.15, 0.2) is 11.6 Å². The van der Waals surface area contributed by atoms with E-state index in [-0.39, 0.29) is 18.2 Å². The van der Waals surface area contributed by atoms with Gasteiger partial charge in [-0.1, -0.05) is 0 Å². The number of amidine groups is 1. The molecule has 0 aliphatic rings. The zero-order valence-corrected chi connectivity index (χ0v) is 9.85. The number of halogens is 1. The molecule has 18 heavy (non-hydrogen) atoms. The van der Waals surface area contributed by atoms with Gasteiger partial charge in [-0.15, -0.1) is 0 Å². The number of hydrogen-bond acceptors (Lipinski definition) is 3. The third-order valence-corrected chi connectivity index (χ3v) is 2.39. The van der Waals surface area contributed by atoms with E-state index in [4.69, 9.17) is 15.9 Å². The highest BCUT2D eigenvalue weighted by Crippen LogP contribution is 2.19. The van der Waals surface area contributed by atoms with Crippen molar-refractivity contribution in [3.8, 4) is 5.75 Å². The van der Waals surface area contributed by atoms with E-state index >= 15 is 0 Å². The highest BCUT2D eigenvalue weighted by Gasteiger charge is 2.07. The van der Waals surface area contributed by atoms with Gasteiger partial charge in [-0.2, -0.15) is 5.10 Å². The molecule has 3 N–H and O–H groups in total. The lowest BCUT2D eigenvalue weighted by Crippen LogP contribution is -2.11. The summed E-state index contributed by atoms with van der Waals surface area (Å²) in [5, 5.41) is 11.3. The maximum atomic E-state index is 13.6. The Morgan fingerprint density at radius 1 is 1.50 bits per heavy atom. The lowest BCUT2D eigenvalue weighted by molar-refractivity contribution is 0.285. The quantitative estimate of drug-likeness (QED) is 0.634. The molecule has 0 aliphatic heterocycles. The molecule has 0 aliphatic carbocycles. The van der Waals surface area contributed by atoms with E-state index in [1.54, 1.807) is 30.1 Å². The number of nitrogen functional groups attached to an aromatic ring is 1. The van der Waals surface area contributed by atoms with Gasteiger partial charge in [-0.3, -0.25) is 10.1 Å². The molecule has 0 amide bonds. The molecule has 1 heterocycles. The van der Waals surface area contributed by atoms with Crippen LogP contribution < -0.4 is 10.5 Å². The number of hydrogen-bond donors (Lipinski definition) is 2. The number of aryl methyl sites for hydroxylation is 1. The van der Waals surface area contributed by atoms with Crippen LogP contribution in [0.5, 0.6) is 5.75 Å². The molecular formula is C12H13FN4O. The standard InChI is InChI=1S/C12H13FN4O/c1-17-5-4-9(16-17)7-18-11-3-2-8(12(14)15)6-10(11)13/h2-6H,7H2,1H3,(H3,14,15). The summed E-state index contributed by atoms with van der Waals surface area (Å²) in [5.74, 6) is -0.602. The molecule has 6 heteroatoms. The van der Waals surface area contributed by atoms with Gasteiger partial charge < -0.3 is 10.5 Å². The molecule has 1 aromatic heterocycles. The van der Waals surface area contributed by atoms with E-state index in [1.807, 2.05) is 0 Å². The van der Waals surface area contributed by atoms with Crippen molar-refractivity contribution < 1.29 is 9.13 Å². The summed E-state index contributed by atoms with van der Waals surface area (Å²) in [4.78, 5) is 0. The van der Waals surface area contributed by atoms with Gasteiger partial charge in [0.05, 0.1) is 5.69 Å². The smallest absolute Gasteiger partial charge is 0.165 e. The maximum Gasteiger partial charge on any atom is 0.165 e. The van der Waals surface area contributed by atoms with Crippen molar-refractivity contribution >= 4 is 5.84 Å². The predicted octanol–water partition coefficient (Wildman–Crippen LogP) is 1.42. The van der Waals surface area contributed by atoms with Gasteiger partial charge in [0.25, 0.3) is 0 Å². The van der Waals surface area contributed by atoms with Crippen LogP contribution in [0.2, 0.25) is 0 Å². The highest BCUT2D eigenvalue weighted by molar-refractivity contribution is 5.95. The van der Waals surface area contributed by atoms with Crippen LogP contribution in [-0.4, -0.2) is 15.6 Å². The van der Waals surface area contributed by atoms with Crippen LogP contribution in [0.25, 0.3) is 0 Å². The van der Waals surface area contributed by atoms with Crippen molar-refractivity contribution in [2.75, 3.05) is 0 Å². The van der Waals surface area contributed by atoms with E-state index in [2.05, 4.69) is 5.10 Å². The lowest BCUT2D eigenvalue weighted by Gasteiger charge is -2.06. The Labute approximate surface area is 103 Å². The average molecular weight is 248 g/mol. The number of nitrogens with zero attached hydrogens (tertiary/aromatic N) is 2. The number of ether oxygens (including phenoxy) is 1. The van der Waals surface area contributed by atoms with E-state index in [0.29, 0.717) is 11.3 Å². The maximum absolute atomic E-state index is 13.6. The fourth-order valence-corrected chi connectivity index (χ4v) is 1.48. The van der Waals surface area contributed by atoms with Crippen molar-refractivity contribution in [1.29, 1.82) is 5.41 Å². The van der Waals surface area contributed by atoms with Crippen LogP contribution in [0.3, 0.4) is 0 Å². The Hall–Kier alpha value is -2.37. The van der Waals surface area contributed by atoms with Crippen LogP contribution in [0, 0.1) is 11.2 Å². The number of aromatic nitrogens is 2. The van der Waals surface area contributed by atoms with E-state index < -0.39 is 5.82 Å². The SMILES string of the molecule is Cn1ccc(COc2ccc(C(=N)N)cc2F)n1. The minimum atomic E-state index is -0.543. The Kier molecular flexibility index (Phi) is 3.27. The monoisotopic (exact) mass is 248 g/mol. The molecule has 2 aromatic rings. The summed E-state index contributed by atoms with van der Waals surface area (Å²) >= 11 is 0. The normalized spacial score (nSPS) is 10.3. The van der Waals surface area contributed by atoms with Crippen LogP contribution in [0.1, 0.15) is 11.3 Å². The Morgan fingerprint density at radius 2 is 2.28 bits per heavy atom. The van der Waals surface area contributed by atoms with Crippen molar-refractivity contribution in [2.24, 2.45) is 12.8 Å². The number of benzene rings is 1. The molecular weight excluding hydrogens is 235 g/mol. The molecule has 94 valence electrons. The molecule has 0 atom stereocenters. The minimum Gasteiger partial charge on any atom is -0.484 e. The van der Waals surface area contributed by atoms with Crippen LogP contribution in [0.4, 0.5) is 4.39 Å². The summed E-state index contributed by atoms with van der Waals surface area (Å²) in [5.41, 5.74) is 6.31. The summed E-state index contributed by atoms with van der Waals surface area (Å²) < 4.78 is 20.6. The Balaban J connectivity index is 2.08. The summed E-state index contributed by atoms with van der Waals surface area (Å²) in [6, 6.07) is 5.96. The lowest BCUT2D eigenvalue weighted by atomic mass is 10.2. The predicted molar refractivity (Wildman–Crippen MR) is 65.0 cm³/mol. The van der Waals surface area contributed by atoms with Gasteiger partial charge in [0.2, 0.25) is 0 Å². The van der Waals surface area contributed by atoms with Crippen molar-refractivity contribution in [3.63, 3.8) is 0 Å². The van der Waals surface area contributed by atoms with Crippen molar-refractivity contribution in [1.82, 2.24) is 9.78 Å². The fraction of sp³-hybridized carbons (Fsp3) is 0.167. The zero-order chi connectivity index (χ0) is 13.1. The second-order valence-electron chi connectivity index (χ2n) is 3.83. The summed E-state index contributed by atoms with van der Waals surface area (Å²) in [6.07, 6.45) is 1.79. The van der Waals surface area contributed by atoms with Crippen LogP contribution >= 0.6 is 0 Å². The van der Waals surface area contributed by atoms with Gasteiger partial charge in [0, 0.05) is 18.8 Å². The van der Waals surface area contributed by atoms with E-state index in [1.165, 1.54) is 12.1 Å². The largest absolute Gasteiger partial charge is 0.484 e. The van der Waals surface area contributed by atoms with E-state index in [9.17, 15) is 4.39 Å². The average Bonchev–Trinajstić information content (AvgIpc) is 2.73. The molecule has 5 nitrogen and oxygen atoms in total. The highest BCUT2D eigenvalue weighted by atomic mass is 19.1. The van der Waals surface area contributed by atoms with Gasteiger partial charge >= 0.3 is 0 Å².